The first-order valence-electron chi connectivity index (χ1n) is 13.0. The van der Waals surface area contributed by atoms with E-state index in [1.54, 1.807) is 0 Å². The van der Waals surface area contributed by atoms with E-state index in [2.05, 4.69) is 20.0 Å². The first-order valence-corrected chi connectivity index (χ1v) is 13.0. The number of aromatic nitrogens is 3. The molecule has 1 fully saturated rings. The Balaban J connectivity index is 1.07. The zero-order valence-electron chi connectivity index (χ0n) is 21.5. The Hall–Kier alpha value is -4.44. The number of hydrogen-bond donors (Lipinski definition) is 1. The third-order valence-corrected chi connectivity index (χ3v) is 7.20. The van der Waals surface area contributed by atoms with Crippen molar-refractivity contribution in [3.63, 3.8) is 0 Å². The summed E-state index contributed by atoms with van der Waals surface area (Å²) < 4.78 is 44.5. The lowest BCUT2D eigenvalue weighted by Gasteiger charge is -2.34. The van der Waals surface area contributed by atoms with Crippen molar-refractivity contribution in [3.05, 3.63) is 95.7 Å². The molecule has 0 unspecified atom stereocenters. The van der Waals surface area contributed by atoms with Crippen molar-refractivity contribution in [2.75, 3.05) is 26.2 Å². The van der Waals surface area contributed by atoms with Gasteiger partial charge in [0.25, 0.3) is 5.89 Å². The van der Waals surface area contributed by atoms with Crippen LogP contribution in [0, 0.1) is 0 Å². The van der Waals surface area contributed by atoms with Crippen LogP contribution in [0.1, 0.15) is 16.7 Å². The van der Waals surface area contributed by atoms with Gasteiger partial charge >= 0.3 is 6.18 Å². The summed E-state index contributed by atoms with van der Waals surface area (Å²) >= 11 is 0. The minimum Gasteiger partial charge on any atom is -0.361 e. The number of alkyl halides is 3. The summed E-state index contributed by atoms with van der Waals surface area (Å²) in [7, 11) is 0. The SMILES string of the molecule is O=C(Cc1c[nH]c2ccccc12)N1CCN(Cc2cccc(-c3noc(-c4cccc(C(F)(F)F)c4)n3)c2)CC1. The molecule has 1 aliphatic rings. The van der Waals surface area contributed by atoms with Crippen LogP contribution in [-0.2, 0) is 23.9 Å². The van der Waals surface area contributed by atoms with Gasteiger partial charge in [0.15, 0.2) is 0 Å². The molecule has 2 aromatic heterocycles. The predicted octanol–water partition coefficient (Wildman–Crippen LogP) is 5.79. The van der Waals surface area contributed by atoms with Crippen LogP contribution >= 0.6 is 0 Å². The lowest BCUT2D eigenvalue weighted by atomic mass is 10.1. The maximum Gasteiger partial charge on any atom is 0.416 e. The average Bonchev–Trinajstić information content (AvgIpc) is 3.62. The van der Waals surface area contributed by atoms with E-state index in [0.29, 0.717) is 37.4 Å². The summed E-state index contributed by atoms with van der Waals surface area (Å²) in [6.45, 7) is 3.52. The molecule has 0 saturated carbocycles. The van der Waals surface area contributed by atoms with Crippen LogP contribution in [0.15, 0.2) is 83.5 Å². The van der Waals surface area contributed by atoms with E-state index in [1.165, 1.54) is 12.1 Å². The van der Waals surface area contributed by atoms with Gasteiger partial charge in [0.1, 0.15) is 0 Å². The number of H-pyrrole nitrogens is 1. The highest BCUT2D eigenvalue weighted by Gasteiger charge is 2.31. The van der Waals surface area contributed by atoms with E-state index < -0.39 is 11.7 Å². The number of hydrogen-bond acceptors (Lipinski definition) is 5. The molecule has 0 bridgehead atoms. The Morgan fingerprint density at radius 1 is 0.925 bits per heavy atom. The molecule has 6 rings (SSSR count). The molecular weight excluding hydrogens is 519 g/mol. The monoisotopic (exact) mass is 545 g/mol. The number of benzene rings is 3. The van der Waals surface area contributed by atoms with Gasteiger partial charge in [-0.1, -0.05) is 47.6 Å². The molecule has 10 heteroatoms. The van der Waals surface area contributed by atoms with Gasteiger partial charge in [0, 0.05) is 61.0 Å². The molecule has 5 aromatic rings. The predicted molar refractivity (Wildman–Crippen MR) is 144 cm³/mol. The summed E-state index contributed by atoms with van der Waals surface area (Å²) in [6, 6.07) is 20.5. The maximum atomic E-state index is 13.1. The van der Waals surface area contributed by atoms with Gasteiger partial charge in [-0.15, -0.1) is 0 Å². The minimum absolute atomic E-state index is 0.0277. The maximum absolute atomic E-state index is 13.1. The van der Waals surface area contributed by atoms with Crippen LogP contribution < -0.4 is 0 Å². The van der Waals surface area contributed by atoms with Crippen molar-refractivity contribution in [2.45, 2.75) is 19.1 Å². The van der Waals surface area contributed by atoms with Gasteiger partial charge in [-0.2, -0.15) is 18.2 Å². The topological polar surface area (TPSA) is 78.3 Å². The number of halogens is 3. The number of nitrogens with zero attached hydrogens (tertiary/aromatic N) is 4. The van der Waals surface area contributed by atoms with Crippen LogP contribution in [0.4, 0.5) is 13.2 Å². The molecule has 1 N–H and O–H groups in total. The summed E-state index contributed by atoms with van der Waals surface area (Å²) in [4.78, 5) is 24.7. The minimum atomic E-state index is -4.46. The zero-order valence-corrected chi connectivity index (χ0v) is 21.5. The Labute approximate surface area is 228 Å². The normalized spacial score (nSPS) is 14.6. The Bertz CT molecular complexity index is 1650. The van der Waals surface area contributed by atoms with E-state index >= 15 is 0 Å². The van der Waals surface area contributed by atoms with E-state index in [-0.39, 0.29) is 17.4 Å². The molecule has 40 heavy (non-hydrogen) atoms. The van der Waals surface area contributed by atoms with Crippen LogP contribution in [0.25, 0.3) is 33.7 Å². The number of rotatable bonds is 6. The molecule has 0 aliphatic carbocycles. The molecule has 0 radical (unpaired) electrons. The highest BCUT2D eigenvalue weighted by atomic mass is 19.4. The fourth-order valence-corrected chi connectivity index (χ4v) is 5.06. The Morgan fingerprint density at radius 2 is 1.70 bits per heavy atom. The fourth-order valence-electron chi connectivity index (χ4n) is 5.06. The highest BCUT2D eigenvalue weighted by Crippen LogP contribution is 2.32. The summed E-state index contributed by atoms with van der Waals surface area (Å²) in [6.07, 6.45) is -2.17. The van der Waals surface area contributed by atoms with Gasteiger partial charge in [0.05, 0.1) is 12.0 Å². The number of amides is 1. The van der Waals surface area contributed by atoms with Crippen LogP contribution in [-0.4, -0.2) is 57.0 Å². The lowest BCUT2D eigenvalue weighted by molar-refractivity contribution is -0.137. The number of carbonyl (C=O) groups is 1. The molecule has 7 nitrogen and oxygen atoms in total. The molecule has 204 valence electrons. The first kappa shape index (κ1) is 25.8. The van der Waals surface area contributed by atoms with Crippen molar-refractivity contribution in [3.8, 4) is 22.8 Å². The lowest BCUT2D eigenvalue weighted by Crippen LogP contribution is -2.48. The van der Waals surface area contributed by atoms with Crippen LogP contribution in [0.3, 0.4) is 0 Å². The second-order valence-electron chi connectivity index (χ2n) is 9.90. The zero-order chi connectivity index (χ0) is 27.7. The molecule has 1 aliphatic heterocycles. The van der Waals surface area contributed by atoms with Crippen molar-refractivity contribution in [2.24, 2.45) is 0 Å². The van der Waals surface area contributed by atoms with Gasteiger partial charge in [-0.25, -0.2) is 0 Å². The van der Waals surface area contributed by atoms with Crippen LogP contribution in [0.5, 0.6) is 0 Å². The smallest absolute Gasteiger partial charge is 0.361 e. The number of piperazine rings is 1. The van der Waals surface area contributed by atoms with E-state index in [4.69, 9.17) is 4.52 Å². The van der Waals surface area contributed by atoms with Gasteiger partial charge < -0.3 is 14.4 Å². The van der Waals surface area contributed by atoms with Crippen LogP contribution in [0.2, 0.25) is 0 Å². The number of nitrogens with one attached hydrogen (secondary N) is 1. The highest BCUT2D eigenvalue weighted by molar-refractivity contribution is 5.88. The second kappa shape index (κ2) is 10.6. The molecule has 3 aromatic carbocycles. The van der Waals surface area contributed by atoms with Crippen molar-refractivity contribution in [1.29, 1.82) is 0 Å². The third kappa shape index (κ3) is 5.48. The molecule has 1 saturated heterocycles. The van der Waals surface area contributed by atoms with E-state index in [0.717, 1.165) is 47.3 Å². The molecular formula is C30H26F3N5O2. The van der Waals surface area contributed by atoms with E-state index in [9.17, 15) is 18.0 Å². The van der Waals surface area contributed by atoms with Gasteiger partial charge in [-0.3, -0.25) is 9.69 Å². The van der Waals surface area contributed by atoms with E-state index in [1.807, 2.05) is 59.6 Å². The molecule has 1 amide bonds. The molecule has 0 spiro atoms. The standard InChI is InChI=1S/C30H26F3N5O2/c31-30(32,33)24-8-4-7-22(16-24)29-35-28(36-40-29)21-6-3-5-20(15-21)19-37-11-13-38(14-12-37)27(39)17-23-18-34-26-10-2-1-9-25(23)26/h1-10,15-16,18,34H,11-14,17,19H2. The number of carbonyl (C=O) groups excluding carboxylic acids is 1. The summed E-state index contributed by atoms with van der Waals surface area (Å²) in [5, 5.41) is 5.08. The van der Waals surface area contributed by atoms with Gasteiger partial charge in [0.2, 0.25) is 11.7 Å². The number of fused-ring (bicyclic) bond motifs is 1. The summed E-state index contributed by atoms with van der Waals surface area (Å²) in [5.74, 6) is 0.460. The Morgan fingerprint density at radius 3 is 2.52 bits per heavy atom. The first-order chi connectivity index (χ1) is 19.3. The summed E-state index contributed by atoms with van der Waals surface area (Å²) in [5.41, 5.74) is 3.24. The quantitative estimate of drug-likeness (QED) is 0.292. The van der Waals surface area contributed by atoms with Crippen molar-refractivity contribution < 1.29 is 22.5 Å². The van der Waals surface area contributed by atoms with Gasteiger partial charge in [-0.05, 0) is 41.5 Å². The largest absolute Gasteiger partial charge is 0.416 e. The Kier molecular flexibility index (Phi) is 6.85. The molecule has 3 heterocycles. The van der Waals surface area contributed by atoms with Crippen molar-refractivity contribution >= 4 is 16.8 Å². The van der Waals surface area contributed by atoms with Crippen molar-refractivity contribution in [1.82, 2.24) is 24.9 Å². The second-order valence-corrected chi connectivity index (χ2v) is 9.90. The fraction of sp³-hybridized carbons (Fsp3) is 0.233. The number of aromatic amines is 1. The third-order valence-electron chi connectivity index (χ3n) is 7.20. The molecule has 0 atom stereocenters. The number of para-hydroxylation sites is 1. The average molecular weight is 546 g/mol.